The number of hydrogen-bond acceptors (Lipinski definition) is 7. The Kier molecular flexibility index (Phi) is 6.51. The molecule has 2 amide bonds. The lowest BCUT2D eigenvalue weighted by atomic mass is 9.87. The van der Waals surface area contributed by atoms with Crippen LogP contribution in [-0.2, 0) is 21.5 Å². The van der Waals surface area contributed by atoms with Crippen LogP contribution in [0.15, 0.2) is 36.8 Å². The molecule has 4 heterocycles. The molecule has 0 radical (unpaired) electrons. The van der Waals surface area contributed by atoms with Crippen LogP contribution in [-0.4, -0.2) is 60.8 Å². The van der Waals surface area contributed by atoms with E-state index in [-0.39, 0.29) is 31.0 Å². The van der Waals surface area contributed by atoms with Crippen molar-refractivity contribution in [2.24, 2.45) is 0 Å². The van der Waals surface area contributed by atoms with Crippen LogP contribution in [0, 0.1) is 0 Å². The number of fused-ring (bicyclic) bond motifs is 2. The fourth-order valence-electron chi connectivity index (χ4n) is 4.99. The number of benzene rings is 1. The van der Waals surface area contributed by atoms with Crippen LogP contribution in [0.5, 0.6) is 0 Å². The predicted molar refractivity (Wildman–Crippen MR) is 139 cm³/mol. The Balaban J connectivity index is 1.46. The van der Waals surface area contributed by atoms with Crippen LogP contribution in [0.2, 0.25) is 5.02 Å². The average Bonchev–Trinajstić information content (AvgIpc) is 3.49. The number of nitrogens with one attached hydrogen (secondary N) is 2. The van der Waals surface area contributed by atoms with Crippen LogP contribution >= 0.6 is 11.6 Å². The SMILES string of the molecule is CC(C)NC[C@@H](C(=O)N1Cc2nn(-c3ncnc4c3C(C)(C)C(=O)N4)cc2[C@H]1CO)c1ccc(Cl)cc1. The van der Waals surface area contributed by atoms with E-state index in [9.17, 15) is 14.7 Å². The zero-order chi connectivity index (χ0) is 26.5. The number of nitrogens with zero attached hydrogens (tertiary/aromatic N) is 5. The van der Waals surface area contributed by atoms with Gasteiger partial charge in [-0.15, -0.1) is 0 Å². The zero-order valence-corrected chi connectivity index (χ0v) is 22.0. The van der Waals surface area contributed by atoms with Crippen molar-refractivity contribution in [1.29, 1.82) is 0 Å². The van der Waals surface area contributed by atoms with E-state index >= 15 is 0 Å². The summed E-state index contributed by atoms with van der Waals surface area (Å²) in [6.45, 7) is 8.15. The summed E-state index contributed by atoms with van der Waals surface area (Å²) in [4.78, 5) is 36.7. The molecular formula is C26H30ClN7O3. The molecule has 10 nitrogen and oxygen atoms in total. The van der Waals surface area contributed by atoms with Gasteiger partial charge in [-0.25, -0.2) is 14.6 Å². The molecule has 5 rings (SSSR count). The van der Waals surface area contributed by atoms with E-state index in [1.807, 2.05) is 39.8 Å². The van der Waals surface area contributed by atoms with Gasteiger partial charge in [-0.05, 0) is 31.5 Å². The van der Waals surface area contributed by atoms with Crippen molar-refractivity contribution in [2.75, 3.05) is 18.5 Å². The van der Waals surface area contributed by atoms with Crippen molar-refractivity contribution in [2.45, 2.75) is 57.7 Å². The highest BCUT2D eigenvalue weighted by Crippen LogP contribution is 2.40. The van der Waals surface area contributed by atoms with Crippen LogP contribution < -0.4 is 10.6 Å². The normalized spacial score (nSPS) is 18.6. The largest absolute Gasteiger partial charge is 0.394 e. The van der Waals surface area contributed by atoms with Crippen LogP contribution in [0.25, 0.3) is 5.82 Å². The maximum Gasteiger partial charge on any atom is 0.235 e. The van der Waals surface area contributed by atoms with E-state index in [0.717, 1.165) is 11.1 Å². The molecule has 0 spiro atoms. The Morgan fingerprint density at radius 2 is 2.00 bits per heavy atom. The highest BCUT2D eigenvalue weighted by molar-refractivity contribution is 6.30. The van der Waals surface area contributed by atoms with Crippen LogP contribution in [0.3, 0.4) is 0 Å². The monoisotopic (exact) mass is 523 g/mol. The number of amides is 2. The van der Waals surface area contributed by atoms with Gasteiger partial charge in [-0.1, -0.05) is 37.6 Å². The van der Waals surface area contributed by atoms with E-state index < -0.39 is 17.4 Å². The van der Waals surface area contributed by atoms with E-state index in [1.165, 1.54) is 6.33 Å². The Morgan fingerprint density at radius 1 is 1.27 bits per heavy atom. The third-order valence-electron chi connectivity index (χ3n) is 7.10. The number of halogens is 1. The highest BCUT2D eigenvalue weighted by Gasteiger charge is 2.44. The Labute approximate surface area is 220 Å². The van der Waals surface area contributed by atoms with Gasteiger partial charge in [0.1, 0.15) is 12.1 Å². The smallest absolute Gasteiger partial charge is 0.235 e. The molecule has 2 atom stereocenters. The number of aliphatic hydroxyl groups excluding tert-OH is 1. The molecule has 0 aliphatic carbocycles. The highest BCUT2D eigenvalue weighted by atomic mass is 35.5. The Bertz CT molecular complexity index is 1350. The van der Waals surface area contributed by atoms with Gasteiger partial charge in [0.2, 0.25) is 11.8 Å². The molecule has 2 aliphatic heterocycles. The van der Waals surface area contributed by atoms with Crippen molar-refractivity contribution in [1.82, 2.24) is 30.0 Å². The summed E-state index contributed by atoms with van der Waals surface area (Å²) in [6.07, 6.45) is 3.18. The zero-order valence-electron chi connectivity index (χ0n) is 21.2. The number of carbonyl (C=O) groups excluding carboxylic acids is 2. The third-order valence-corrected chi connectivity index (χ3v) is 7.36. The molecule has 0 bridgehead atoms. The summed E-state index contributed by atoms with van der Waals surface area (Å²) in [6, 6.07) is 6.94. The van der Waals surface area contributed by atoms with Crippen molar-refractivity contribution < 1.29 is 14.7 Å². The number of aromatic nitrogens is 4. The molecule has 2 aromatic heterocycles. The average molecular weight is 524 g/mol. The summed E-state index contributed by atoms with van der Waals surface area (Å²) in [7, 11) is 0. The van der Waals surface area contributed by atoms with Crippen molar-refractivity contribution in [3.8, 4) is 5.82 Å². The Hall–Kier alpha value is -3.34. The lowest BCUT2D eigenvalue weighted by Crippen LogP contribution is -2.40. The molecule has 0 unspecified atom stereocenters. The Morgan fingerprint density at radius 3 is 2.68 bits per heavy atom. The number of aliphatic hydroxyl groups is 1. The van der Waals surface area contributed by atoms with E-state index in [2.05, 4.69) is 20.6 Å². The molecule has 3 aromatic rings. The van der Waals surface area contributed by atoms with Crippen molar-refractivity contribution >= 4 is 29.2 Å². The molecule has 37 heavy (non-hydrogen) atoms. The minimum atomic E-state index is -0.823. The third kappa shape index (κ3) is 4.39. The first-order valence-electron chi connectivity index (χ1n) is 12.3. The molecule has 1 aromatic carbocycles. The minimum absolute atomic E-state index is 0.0991. The number of anilines is 1. The van der Waals surface area contributed by atoms with Crippen molar-refractivity contribution in [3.05, 3.63) is 64.2 Å². The van der Waals surface area contributed by atoms with Gasteiger partial charge in [0, 0.05) is 29.4 Å². The molecule has 194 valence electrons. The molecule has 3 N–H and O–H groups in total. The summed E-state index contributed by atoms with van der Waals surface area (Å²) in [5, 5.41) is 21.8. The van der Waals surface area contributed by atoms with Gasteiger partial charge in [-0.2, -0.15) is 5.10 Å². The maximum atomic E-state index is 13.8. The van der Waals surface area contributed by atoms with Gasteiger partial charge in [0.25, 0.3) is 0 Å². The van der Waals surface area contributed by atoms with Crippen LogP contribution in [0.1, 0.15) is 62.0 Å². The second-order valence-corrected chi connectivity index (χ2v) is 10.7. The predicted octanol–water partition coefficient (Wildman–Crippen LogP) is 2.70. The maximum absolute atomic E-state index is 13.8. The van der Waals surface area contributed by atoms with Gasteiger partial charge >= 0.3 is 0 Å². The summed E-state index contributed by atoms with van der Waals surface area (Å²) in [5.74, 6) is 0.259. The van der Waals surface area contributed by atoms with Crippen molar-refractivity contribution in [3.63, 3.8) is 0 Å². The second-order valence-electron chi connectivity index (χ2n) is 10.3. The molecule has 11 heteroatoms. The van der Waals surface area contributed by atoms with E-state index in [4.69, 9.17) is 16.7 Å². The number of hydrogen-bond donors (Lipinski definition) is 3. The molecular weight excluding hydrogens is 494 g/mol. The topological polar surface area (TPSA) is 125 Å². The van der Waals surface area contributed by atoms with Gasteiger partial charge in [0.05, 0.1) is 41.8 Å². The number of rotatable bonds is 7. The second kappa shape index (κ2) is 9.51. The lowest BCUT2D eigenvalue weighted by Gasteiger charge is -2.29. The first-order chi connectivity index (χ1) is 17.6. The summed E-state index contributed by atoms with van der Waals surface area (Å²) >= 11 is 6.08. The molecule has 2 aliphatic rings. The van der Waals surface area contributed by atoms with E-state index in [1.54, 1.807) is 27.9 Å². The first-order valence-corrected chi connectivity index (χ1v) is 12.7. The van der Waals surface area contributed by atoms with Crippen LogP contribution in [0.4, 0.5) is 5.82 Å². The van der Waals surface area contributed by atoms with Gasteiger partial charge < -0.3 is 20.6 Å². The van der Waals surface area contributed by atoms with E-state index in [0.29, 0.717) is 34.5 Å². The first kappa shape index (κ1) is 25.3. The minimum Gasteiger partial charge on any atom is -0.394 e. The van der Waals surface area contributed by atoms with Gasteiger partial charge in [0.15, 0.2) is 5.82 Å². The molecule has 0 saturated carbocycles. The fraction of sp³-hybridized carbons (Fsp3) is 0.423. The standard InChI is InChI=1S/C26H30ClN7O3/c1-14(2)28-9-17(15-5-7-16(27)8-6-15)24(36)33-11-19-18(20(33)12-35)10-34(32-19)23-21-22(29-13-30-23)31-25(37)26(21,3)4/h5-8,10,13-14,17,20,28,35H,9,11-12H2,1-4H3,(H,29,30,31,37)/t17-,20-/m1/s1. The lowest BCUT2D eigenvalue weighted by molar-refractivity contribution is -0.136. The number of carbonyl (C=O) groups is 2. The molecule has 0 fully saturated rings. The van der Waals surface area contributed by atoms with Gasteiger partial charge in [-0.3, -0.25) is 9.59 Å². The summed E-state index contributed by atoms with van der Waals surface area (Å²) < 4.78 is 1.62. The fourth-order valence-corrected chi connectivity index (χ4v) is 5.12. The molecule has 0 saturated heterocycles. The quantitative estimate of drug-likeness (QED) is 0.434. The summed E-state index contributed by atoms with van der Waals surface area (Å²) in [5.41, 5.74) is 2.13.